The second kappa shape index (κ2) is 9.06. The maximum atomic E-state index is 13.2. The molecule has 0 unspecified atom stereocenters. The molecule has 0 saturated carbocycles. The number of hydrogen-bond donors (Lipinski definition) is 2. The third-order valence-corrected chi connectivity index (χ3v) is 5.08. The first kappa shape index (κ1) is 20.1. The van der Waals surface area contributed by atoms with Crippen LogP contribution < -0.4 is 5.32 Å². The highest BCUT2D eigenvalue weighted by atomic mass is 19.1. The molecule has 1 aromatic heterocycles. The average Bonchev–Trinajstić information content (AvgIpc) is 3.20. The van der Waals surface area contributed by atoms with Crippen molar-refractivity contribution in [2.24, 2.45) is 0 Å². The van der Waals surface area contributed by atoms with Crippen LogP contribution in [0.4, 0.5) is 10.1 Å². The van der Waals surface area contributed by atoms with Gasteiger partial charge >= 0.3 is 0 Å². The van der Waals surface area contributed by atoms with Crippen LogP contribution in [0.2, 0.25) is 0 Å². The molecular weight excluding hydrogens is 387 g/mol. The molecule has 1 aliphatic heterocycles. The summed E-state index contributed by atoms with van der Waals surface area (Å²) in [6.07, 6.45) is 1.32. The summed E-state index contributed by atoms with van der Waals surface area (Å²) >= 11 is 0. The molecule has 4 rings (SSSR count). The summed E-state index contributed by atoms with van der Waals surface area (Å²) in [6.45, 7) is 4.62. The Morgan fingerprint density at radius 2 is 1.80 bits per heavy atom. The van der Waals surface area contributed by atoms with Gasteiger partial charge in [0.15, 0.2) is 5.69 Å². The van der Waals surface area contributed by atoms with Gasteiger partial charge in [-0.05, 0) is 24.3 Å². The Balaban J connectivity index is 1.27. The molecule has 1 amide bonds. The fourth-order valence-electron chi connectivity index (χ4n) is 3.43. The molecule has 1 fully saturated rings. The summed E-state index contributed by atoms with van der Waals surface area (Å²) in [7, 11) is 0. The minimum atomic E-state index is -0.442. The van der Waals surface area contributed by atoms with E-state index in [9.17, 15) is 14.3 Å². The highest BCUT2D eigenvalue weighted by molar-refractivity contribution is 6.02. The quantitative estimate of drug-likeness (QED) is 0.650. The molecule has 0 radical (unpaired) electrons. The lowest BCUT2D eigenvalue weighted by Crippen LogP contribution is -2.45. The molecule has 2 heterocycles. The fraction of sp³-hybridized carbons (Fsp3) is 0.273. The molecule has 1 aliphatic rings. The Kier molecular flexibility index (Phi) is 6.06. The molecule has 3 aromatic rings. The Bertz CT molecular complexity index is 1010. The highest BCUT2D eigenvalue weighted by Gasteiger charge is 2.20. The molecule has 0 aliphatic carbocycles. The first-order valence-electron chi connectivity index (χ1n) is 9.80. The van der Waals surface area contributed by atoms with Crippen LogP contribution in [0.3, 0.4) is 0 Å². The van der Waals surface area contributed by atoms with Gasteiger partial charge in [0.25, 0.3) is 5.91 Å². The average molecular weight is 410 g/mol. The summed E-state index contributed by atoms with van der Waals surface area (Å²) in [5.74, 6) is -0.0735. The van der Waals surface area contributed by atoms with E-state index < -0.39 is 11.7 Å². The lowest BCUT2D eigenvalue weighted by Gasteiger charge is -2.34. The van der Waals surface area contributed by atoms with E-state index in [4.69, 9.17) is 4.42 Å². The van der Waals surface area contributed by atoms with E-state index in [-0.39, 0.29) is 5.69 Å². The van der Waals surface area contributed by atoms with Gasteiger partial charge in [0.2, 0.25) is 5.89 Å². The molecule has 1 saturated heterocycles. The fourth-order valence-corrected chi connectivity index (χ4v) is 3.43. The Hall–Kier alpha value is -3.23. The van der Waals surface area contributed by atoms with E-state index in [0.29, 0.717) is 30.4 Å². The number of halogens is 1. The van der Waals surface area contributed by atoms with Gasteiger partial charge in [0.05, 0.1) is 6.54 Å². The van der Waals surface area contributed by atoms with Crippen molar-refractivity contribution in [1.82, 2.24) is 14.8 Å². The van der Waals surface area contributed by atoms with Crippen LogP contribution in [-0.4, -0.2) is 52.0 Å². The van der Waals surface area contributed by atoms with Gasteiger partial charge in [0.1, 0.15) is 17.8 Å². The molecule has 2 N–H and O–H groups in total. The number of rotatable bonds is 6. The summed E-state index contributed by atoms with van der Waals surface area (Å²) in [5.41, 5.74) is 1.45. The van der Waals surface area contributed by atoms with Crippen molar-refractivity contribution in [3.8, 4) is 5.75 Å². The third-order valence-electron chi connectivity index (χ3n) is 5.08. The number of aromatic nitrogens is 1. The lowest BCUT2D eigenvalue weighted by molar-refractivity contribution is 0.102. The van der Waals surface area contributed by atoms with Crippen LogP contribution in [0.5, 0.6) is 5.75 Å². The number of phenols is 1. The standard InChI is InChI=1S/C22H23FN4O3/c23-17-5-3-6-18(12-17)24-22(29)19-15-30-21(25-19)14-27-10-8-26(9-11-27)13-16-4-1-2-7-20(16)28/h1-7,12,15,28H,8-11,13-14H2,(H,24,29). The summed E-state index contributed by atoms with van der Waals surface area (Å²) in [5, 5.41) is 12.5. The molecule has 0 atom stereocenters. The zero-order chi connectivity index (χ0) is 20.9. The van der Waals surface area contributed by atoms with E-state index in [0.717, 1.165) is 31.7 Å². The van der Waals surface area contributed by atoms with Crippen molar-refractivity contribution in [3.05, 3.63) is 77.8 Å². The number of carbonyl (C=O) groups is 1. The van der Waals surface area contributed by atoms with Crippen LogP contribution in [-0.2, 0) is 13.1 Å². The number of phenolic OH excluding ortho intramolecular Hbond substituents is 1. The molecule has 0 spiro atoms. The van der Waals surface area contributed by atoms with Gasteiger partial charge in [0, 0.05) is 44.0 Å². The first-order valence-corrected chi connectivity index (χ1v) is 9.80. The van der Waals surface area contributed by atoms with Gasteiger partial charge in [-0.1, -0.05) is 24.3 Å². The van der Waals surface area contributed by atoms with Gasteiger partial charge in [-0.2, -0.15) is 0 Å². The zero-order valence-electron chi connectivity index (χ0n) is 16.4. The number of nitrogens with zero attached hydrogens (tertiary/aromatic N) is 3. The summed E-state index contributed by atoms with van der Waals surface area (Å²) in [6, 6.07) is 13.1. The Morgan fingerprint density at radius 1 is 1.07 bits per heavy atom. The number of amides is 1. The summed E-state index contributed by atoms with van der Waals surface area (Å²) < 4.78 is 18.7. The maximum absolute atomic E-state index is 13.2. The van der Waals surface area contributed by atoms with E-state index in [1.807, 2.05) is 18.2 Å². The second-order valence-electron chi connectivity index (χ2n) is 7.27. The van der Waals surface area contributed by atoms with Crippen molar-refractivity contribution >= 4 is 11.6 Å². The second-order valence-corrected chi connectivity index (χ2v) is 7.27. The number of oxazole rings is 1. The minimum Gasteiger partial charge on any atom is -0.508 e. The van der Waals surface area contributed by atoms with E-state index in [2.05, 4.69) is 20.1 Å². The first-order chi connectivity index (χ1) is 14.6. The predicted octanol–water partition coefficient (Wildman–Crippen LogP) is 3.09. The van der Waals surface area contributed by atoms with Crippen LogP contribution in [0.15, 0.2) is 59.2 Å². The number of piperazine rings is 1. The van der Waals surface area contributed by atoms with E-state index in [1.54, 1.807) is 12.1 Å². The van der Waals surface area contributed by atoms with Gasteiger partial charge in [-0.25, -0.2) is 9.37 Å². The molecular formula is C22H23FN4O3. The Labute approximate surface area is 173 Å². The Morgan fingerprint density at radius 3 is 2.53 bits per heavy atom. The number of para-hydroxylation sites is 1. The topological polar surface area (TPSA) is 81.8 Å². The van der Waals surface area contributed by atoms with Crippen molar-refractivity contribution in [3.63, 3.8) is 0 Å². The van der Waals surface area contributed by atoms with Crippen molar-refractivity contribution in [2.45, 2.75) is 13.1 Å². The van der Waals surface area contributed by atoms with Gasteiger partial charge in [-0.3, -0.25) is 14.6 Å². The maximum Gasteiger partial charge on any atom is 0.277 e. The monoisotopic (exact) mass is 410 g/mol. The summed E-state index contributed by atoms with van der Waals surface area (Å²) in [4.78, 5) is 21.0. The zero-order valence-corrected chi connectivity index (χ0v) is 16.4. The number of nitrogens with one attached hydrogen (secondary N) is 1. The largest absolute Gasteiger partial charge is 0.508 e. The SMILES string of the molecule is O=C(Nc1cccc(F)c1)c1coc(CN2CCN(Cc3ccccc3O)CC2)n1. The minimum absolute atomic E-state index is 0.160. The predicted molar refractivity (Wildman–Crippen MR) is 110 cm³/mol. The van der Waals surface area contributed by atoms with Crippen molar-refractivity contribution in [1.29, 1.82) is 0 Å². The molecule has 156 valence electrons. The lowest BCUT2D eigenvalue weighted by atomic mass is 10.1. The number of carbonyl (C=O) groups excluding carboxylic acids is 1. The van der Waals surface area contributed by atoms with Crippen LogP contribution in [0.1, 0.15) is 21.9 Å². The number of aromatic hydroxyl groups is 1. The normalized spacial score (nSPS) is 15.2. The highest BCUT2D eigenvalue weighted by Crippen LogP contribution is 2.19. The number of benzene rings is 2. The molecule has 2 aromatic carbocycles. The molecule has 7 nitrogen and oxygen atoms in total. The molecule has 8 heteroatoms. The third kappa shape index (κ3) is 5.03. The van der Waals surface area contributed by atoms with E-state index >= 15 is 0 Å². The number of hydrogen-bond acceptors (Lipinski definition) is 6. The van der Waals surface area contributed by atoms with Gasteiger partial charge < -0.3 is 14.8 Å². The smallest absolute Gasteiger partial charge is 0.277 e. The number of anilines is 1. The van der Waals surface area contributed by atoms with Crippen LogP contribution in [0, 0.1) is 5.82 Å². The van der Waals surface area contributed by atoms with Crippen LogP contribution >= 0.6 is 0 Å². The van der Waals surface area contributed by atoms with Crippen molar-refractivity contribution in [2.75, 3.05) is 31.5 Å². The molecule has 30 heavy (non-hydrogen) atoms. The van der Waals surface area contributed by atoms with Crippen LogP contribution in [0.25, 0.3) is 0 Å². The van der Waals surface area contributed by atoms with Gasteiger partial charge in [-0.15, -0.1) is 0 Å². The van der Waals surface area contributed by atoms with Crippen molar-refractivity contribution < 1.29 is 18.7 Å². The molecule has 0 bridgehead atoms. The van der Waals surface area contributed by atoms with E-state index in [1.165, 1.54) is 24.5 Å².